The van der Waals surface area contributed by atoms with Gasteiger partial charge in [-0.2, -0.15) is 0 Å². The van der Waals surface area contributed by atoms with Crippen molar-refractivity contribution in [2.45, 2.75) is 17.4 Å². The van der Waals surface area contributed by atoms with Gasteiger partial charge in [0.15, 0.2) is 0 Å². The quantitative estimate of drug-likeness (QED) is 0.330. The first-order chi connectivity index (χ1) is 12.2. The Kier molecular flexibility index (Phi) is 6.64. The Morgan fingerprint density at radius 3 is 1.28 bits per heavy atom. The fourth-order valence-electron chi connectivity index (χ4n) is 3.65. The van der Waals surface area contributed by atoms with Crippen LogP contribution in [0.3, 0.4) is 0 Å². The molecule has 3 heteroatoms. The van der Waals surface area contributed by atoms with Crippen LogP contribution < -0.4 is 15.9 Å². The van der Waals surface area contributed by atoms with Gasteiger partial charge in [0.25, 0.3) is 0 Å². The molecule has 0 bridgehead atoms. The van der Waals surface area contributed by atoms with Crippen LogP contribution in [-0.4, -0.2) is 10.7 Å². The minimum absolute atomic E-state index is 0.147. The zero-order chi connectivity index (χ0) is 17.5. The maximum atomic E-state index is 4.47. The molecule has 0 fully saturated rings. The van der Waals surface area contributed by atoms with Gasteiger partial charge in [-0.1, -0.05) is 0 Å². The van der Waals surface area contributed by atoms with Crippen LogP contribution in [0.2, 0.25) is 0 Å². The SMILES string of the molecule is SC(S)CCC[PH](c1ccccc1)(c1ccccc1)c1ccccc1. The fraction of sp³-hybridized carbons (Fsp3) is 0.182. The van der Waals surface area contributed by atoms with Gasteiger partial charge in [-0.25, -0.2) is 0 Å². The van der Waals surface area contributed by atoms with Crippen LogP contribution in [0, 0.1) is 0 Å². The summed E-state index contributed by atoms with van der Waals surface area (Å²) in [5.74, 6) is 0. The van der Waals surface area contributed by atoms with Gasteiger partial charge < -0.3 is 0 Å². The number of benzene rings is 3. The summed E-state index contributed by atoms with van der Waals surface area (Å²) < 4.78 is 0.147. The summed E-state index contributed by atoms with van der Waals surface area (Å²) >= 11 is 8.94. The van der Waals surface area contributed by atoms with Gasteiger partial charge in [0, 0.05) is 0 Å². The Balaban J connectivity index is 2.16. The molecule has 0 aliphatic heterocycles. The van der Waals surface area contributed by atoms with Crippen LogP contribution >= 0.6 is 32.5 Å². The summed E-state index contributed by atoms with van der Waals surface area (Å²) in [7, 11) is -2.06. The van der Waals surface area contributed by atoms with Gasteiger partial charge in [0.05, 0.1) is 0 Å². The van der Waals surface area contributed by atoms with Crippen LogP contribution in [-0.2, 0) is 0 Å². The van der Waals surface area contributed by atoms with E-state index in [1.807, 2.05) is 0 Å². The molecule has 0 atom stereocenters. The molecule has 3 rings (SSSR count). The monoisotopic (exact) mass is 384 g/mol. The molecule has 0 nitrogen and oxygen atoms in total. The van der Waals surface area contributed by atoms with Gasteiger partial charge in [-0.3, -0.25) is 0 Å². The van der Waals surface area contributed by atoms with Crippen molar-refractivity contribution in [3.63, 3.8) is 0 Å². The standard InChI is InChI=1S/C22H25PS2/c24-22(25)17-10-18-23(19-11-4-1-5-12-19,20-13-6-2-7-14-20)21-15-8-3-9-16-21/h1-9,11-16,22-25H,10,17-18H2. The molecule has 0 aromatic heterocycles. The molecule has 0 N–H and O–H groups in total. The molecule has 0 amide bonds. The van der Waals surface area contributed by atoms with E-state index in [1.165, 1.54) is 22.1 Å². The normalized spacial score (nSPS) is 12.3. The zero-order valence-corrected chi connectivity index (χ0v) is 17.0. The molecule has 0 heterocycles. The molecule has 0 saturated heterocycles. The van der Waals surface area contributed by atoms with E-state index in [4.69, 9.17) is 0 Å². The molecule has 0 aliphatic carbocycles. The van der Waals surface area contributed by atoms with E-state index in [9.17, 15) is 0 Å². The van der Waals surface area contributed by atoms with Gasteiger partial charge in [0.1, 0.15) is 0 Å². The van der Waals surface area contributed by atoms with E-state index in [0.717, 1.165) is 12.8 Å². The van der Waals surface area contributed by atoms with Crippen molar-refractivity contribution in [3.05, 3.63) is 91.0 Å². The third-order valence-corrected chi connectivity index (χ3v) is 10.4. The molecule has 3 aromatic rings. The minimum atomic E-state index is -2.06. The van der Waals surface area contributed by atoms with Crippen molar-refractivity contribution < 1.29 is 0 Å². The Bertz CT molecular complexity index is 661. The Hall–Kier alpha value is -1.21. The van der Waals surface area contributed by atoms with E-state index in [2.05, 4.69) is 116 Å². The Labute approximate surface area is 162 Å². The van der Waals surface area contributed by atoms with Crippen LogP contribution in [0.15, 0.2) is 91.0 Å². The van der Waals surface area contributed by atoms with Crippen LogP contribution in [0.5, 0.6) is 0 Å². The first-order valence-electron chi connectivity index (χ1n) is 8.76. The summed E-state index contributed by atoms with van der Waals surface area (Å²) in [6, 6.07) is 33.2. The van der Waals surface area contributed by atoms with Gasteiger partial charge >= 0.3 is 163 Å². The van der Waals surface area contributed by atoms with Gasteiger partial charge in [-0.15, -0.1) is 0 Å². The molecule has 0 aliphatic rings. The van der Waals surface area contributed by atoms with Gasteiger partial charge in [-0.05, 0) is 0 Å². The van der Waals surface area contributed by atoms with Gasteiger partial charge in [0.2, 0.25) is 0 Å². The summed E-state index contributed by atoms with van der Waals surface area (Å²) in [4.78, 5) is 0. The number of thiol groups is 2. The van der Waals surface area contributed by atoms with E-state index in [-0.39, 0.29) is 4.58 Å². The summed E-state index contributed by atoms with van der Waals surface area (Å²) in [5.41, 5.74) is 0. The van der Waals surface area contributed by atoms with E-state index in [1.54, 1.807) is 0 Å². The third kappa shape index (κ3) is 4.31. The average Bonchev–Trinajstić information content (AvgIpc) is 2.67. The molecule has 0 unspecified atom stereocenters. The topological polar surface area (TPSA) is 0 Å². The molecular weight excluding hydrogens is 359 g/mol. The number of hydrogen-bond acceptors (Lipinski definition) is 2. The van der Waals surface area contributed by atoms with Crippen LogP contribution in [0.25, 0.3) is 0 Å². The second-order valence-electron chi connectivity index (χ2n) is 6.38. The molecular formula is C22H25PS2. The average molecular weight is 385 g/mol. The predicted molar refractivity (Wildman–Crippen MR) is 122 cm³/mol. The molecule has 0 spiro atoms. The zero-order valence-electron chi connectivity index (χ0n) is 14.3. The second-order valence-corrected chi connectivity index (χ2v) is 12.1. The van der Waals surface area contributed by atoms with Crippen molar-refractivity contribution in [3.8, 4) is 0 Å². The maximum absolute atomic E-state index is 4.47. The molecule has 0 radical (unpaired) electrons. The Morgan fingerprint density at radius 1 is 0.600 bits per heavy atom. The van der Waals surface area contributed by atoms with Crippen LogP contribution in [0.1, 0.15) is 12.8 Å². The van der Waals surface area contributed by atoms with E-state index in [0.29, 0.717) is 0 Å². The first-order valence-corrected chi connectivity index (χ1v) is 12.0. The summed E-state index contributed by atoms with van der Waals surface area (Å²) in [6.45, 7) is 0. The fourth-order valence-corrected chi connectivity index (χ4v) is 8.90. The Morgan fingerprint density at radius 2 is 0.960 bits per heavy atom. The first kappa shape index (κ1) is 18.6. The molecule has 25 heavy (non-hydrogen) atoms. The van der Waals surface area contributed by atoms with Crippen molar-refractivity contribution in [1.29, 1.82) is 0 Å². The summed E-state index contributed by atoms with van der Waals surface area (Å²) in [6.07, 6.45) is 3.32. The number of rotatable bonds is 7. The van der Waals surface area contributed by atoms with Crippen LogP contribution in [0.4, 0.5) is 0 Å². The van der Waals surface area contributed by atoms with E-state index >= 15 is 0 Å². The molecule has 3 aromatic carbocycles. The predicted octanol–water partition coefficient (Wildman–Crippen LogP) is 4.68. The van der Waals surface area contributed by atoms with Crippen molar-refractivity contribution in [1.82, 2.24) is 0 Å². The second kappa shape index (κ2) is 8.94. The van der Waals surface area contributed by atoms with Crippen molar-refractivity contribution in [2.24, 2.45) is 0 Å². The molecule has 130 valence electrons. The van der Waals surface area contributed by atoms with Crippen molar-refractivity contribution >= 4 is 48.4 Å². The van der Waals surface area contributed by atoms with Crippen molar-refractivity contribution in [2.75, 3.05) is 6.16 Å². The number of hydrogen-bond donors (Lipinski definition) is 2. The summed E-state index contributed by atoms with van der Waals surface area (Å²) in [5, 5.41) is 4.42. The third-order valence-electron chi connectivity index (χ3n) is 4.81. The molecule has 0 saturated carbocycles. The van der Waals surface area contributed by atoms with E-state index < -0.39 is 7.26 Å².